The number of pyridine rings is 1. The molecule has 1 unspecified atom stereocenters. The highest BCUT2D eigenvalue weighted by Crippen LogP contribution is 2.20. The molecular weight excluding hydrogens is 290 g/mol. The zero-order chi connectivity index (χ0) is 15.5. The van der Waals surface area contributed by atoms with Crippen molar-refractivity contribution in [3.63, 3.8) is 0 Å². The molecule has 3 rings (SSSR count). The van der Waals surface area contributed by atoms with Crippen molar-refractivity contribution in [1.29, 1.82) is 0 Å². The molecule has 7 heteroatoms. The van der Waals surface area contributed by atoms with E-state index in [0.717, 1.165) is 6.20 Å². The van der Waals surface area contributed by atoms with Crippen LogP contribution in [0.5, 0.6) is 0 Å². The van der Waals surface area contributed by atoms with Crippen molar-refractivity contribution in [1.82, 2.24) is 14.8 Å². The molecule has 2 atom stereocenters. The third kappa shape index (κ3) is 2.86. The van der Waals surface area contributed by atoms with Crippen molar-refractivity contribution in [3.05, 3.63) is 42.1 Å². The minimum Gasteiger partial charge on any atom is -0.378 e. The van der Waals surface area contributed by atoms with Gasteiger partial charge >= 0.3 is 0 Å². The molecule has 0 radical (unpaired) electrons. The number of halogens is 2. The maximum absolute atomic E-state index is 13.9. The molecule has 1 fully saturated rings. The third-order valence-electron chi connectivity index (χ3n) is 3.88. The fourth-order valence-corrected chi connectivity index (χ4v) is 2.68. The lowest BCUT2D eigenvalue weighted by Crippen LogP contribution is -2.56. The normalized spacial score (nSPS) is 26.1. The number of rotatable bonds is 3. The van der Waals surface area contributed by atoms with E-state index in [1.165, 1.54) is 6.20 Å². The average Bonchev–Trinajstić information content (AvgIpc) is 2.56. The highest BCUT2D eigenvalue weighted by atomic mass is 19.1. The molecule has 3 heterocycles. The van der Waals surface area contributed by atoms with Gasteiger partial charge in [0.2, 0.25) is 0 Å². The van der Waals surface area contributed by atoms with Crippen LogP contribution in [0.4, 0.5) is 8.78 Å². The first-order valence-electron chi connectivity index (χ1n) is 7.18. The van der Waals surface area contributed by atoms with E-state index in [1.807, 2.05) is 23.0 Å². The monoisotopic (exact) mass is 308 g/mol. The second-order valence-corrected chi connectivity index (χ2v) is 5.32. The van der Waals surface area contributed by atoms with Crippen LogP contribution in [0.15, 0.2) is 35.7 Å². The minimum atomic E-state index is -0.497. The summed E-state index contributed by atoms with van der Waals surface area (Å²) in [6.07, 6.45) is 5.91. The molecule has 1 aromatic heterocycles. The number of aliphatic imine (C=N–C) groups is 1. The van der Waals surface area contributed by atoms with Gasteiger partial charge in [0.05, 0.1) is 31.2 Å². The molecule has 1 saturated heterocycles. The summed E-state index contributed by atoms with van der Waals surface area (Å²) < 4.78 is 32.4. The maximum Gasteiger partial charge on any atom is 0.179 e. The predicted molar refractivity (Wildman–Crippen MR) is 78.7 cm³/mol. The number of ether oxygens (including phenoxy) is 1. The summed E-state index contributed by atoms with van der Waals surface area (Å²) in [5, 5.41) is 0. The summed E-state index contributed by atoms with van der Waals surface area (Å²) in [4.78, 5) is 12.2. The van der Waals surface area contributed by atoms with Crippen molar-refractivity contribution >= 4 is 5.71 Å². The highest BCUT2D eigenvalue weighted by Gasteiger charge is 2.32. The summed E-state index contributed by atoms with van der Waals surface area (Å²) in [6, 6.07) is 1.26. The fourth-order valence-electron chi connectivity index (χ4n) is 2.68. The first-order valence-corrected chi connectivity index (χ1v) is 7.18. The first kappa shape index (κ1) is 15.1. The van der Waals surface area contributed by atoms with Crippen molar-refractivity contribution < 1.29 is 13.5 Å². The molecule has 0 bridgehead atoms. The van der Waals surface area contributed by atoms with Gasteiger partial charge < -0.3 is 9.64 Å². The third-order valence-corrected chi connectivity index (χ3v) is 3.88. The molecule has 0 amide bonds. The van der Waals surface area contributed by atoms with Gasteiger partial charge in [-0.05, 0) is 12.1 Å². The van der Waals surface area contributed by atoms with E-state index in [4.69, 9.17) is 4.74 Å². The van der Waals surface area contributed by atoms with Crippen LogP contribution in [0.3, 0.4) is 0 Å². The summed E-state index contributed by atoms with van der Waals surface area (Å²) >= 11 is 0. The van der Waals surface area contributed by atoms with Gasteiger partial charge in [0, 0.05) is 31.6 Å². The number of alkyl halides is 1. The maximum atomic E-state index is 13.9. The summed E-state index contributed by atoms with van der Waals surface area (Å²) in [7, 11) is 1.87. The lowest BCUT2D eigenvalue weighted by Gasteiger charge is -2.42. The predicted octanol–water partition coefficient (Wildman–Crippen LogP) is 1.42. The molecular formula is C15H18F2N4O. The standard InChI is InChI=1S/C15H18F2N4O/c1-20-5-3-14(12-2-4-18-9-13(12)17)19-15(20)21-6-7-22-10-11(21)8-16/h2-5,9,11,15H,6-8,10H2,1H3/t11-,15?/m0/s1. The molecule has 0 N–H and O–H groups in total. The number of morpholine rings is 1. The average molecular weight is 308 g/mol. The van der Waals surface area contributed by atoms with Crippen molar-refractivity contribution in [2.45, 2.75) is 12.3 Å². The molecule has 2 aliphatic rings. The van der Waals surface area contributed by atoms with Gasteiger partial charge in [0.15, 0.2) is 12.1 Å². The quantitative estimate of drug-likeness (QED) is 0.847. The van der Waals surface area contributed by atoms with Crippen LogP contribution >= 0.6 is 0 Å². The minimum absolute atomic E-state index is 0.333. The van der Waals surface area contributed by atoms with Crippen molar-refractivity contribution in [2.24, 2.45) is 4.99 Å². The Hall–Kier alpha value is -1.86. The zero-order valence-corrected chi connectivity index (χ0v) is 12.3. The fraction of sp³-hybridized carbons (Fsp3) is 0.467. The summed E-state index contributed by atoms with van der Waals surface area (Å²) in [6.45, 7) is 0.980. The molecule has 0 saturated carbocycles. The van der Waals surface area contributed by atoms with Crippen LogP contribution in [0.25, 0.3) is 0 Å². The Labute approximate surface area is 127 Å². The second-order valence-electron chi connectivity index (χ2n) is 5.32. The van der Waals surface area contributed by atoms with Gasteiger partial charge in [0.25, 0.3) is 0 Å². The molecule has 0 spiro atoms. The topological polar surface area (TPSA) is 41.0 Å². The smallest absolute Gasteiger partial charge is 0.179 e. The number of allylic oxidation sites excluding steroid dienone is 1. The van der Waals surface area contributed by atoms with E-state index >= 15 is 0 Å². The number of nitrogens with zero attached hydrogens (tertiary/aromatic N) is 4. The van der Waals surface area contributed by atoms with Gasteiger partial charge in [-0.1, -0.05) is 0 Å². The van der Waals surface area contributed by atoms with E-state index in [0.29, 0.717) is 31.0 Å². The molecule has 0 aliphatic carbocycles. The van der Waals surface area contributed by atoms with Crippen LogP contribution in [-0.2, 0) is 4.74 Å². The number of hydrogen-bond acceptors (Lipinski definition) is 5. The van der Waals surface area contributed by atoms with Gasteiger partial charge in [-0.25, -0.2) is 13.8 Å². The molecule has 5 nitrogen and oxygen atoms in total. The van der Waals surface area contributed by atoms with E-state index in [2.05, 4.69) is 9.98 Å². The SMILES string of the molecule is CN1C=CC(c2ccncc2F)=NC1N1CCOC[C@@H]1CF. The van der Waals surface area contributed by atoms with Crippen LogP contribution in [0.1, 0.15) is 5.56 Å². The van der Waals surface area contributed by atoms with E-state index in [9.17, 15) is 8.78 Å². The van der Waals surface area contributed by atoms with Gasteiger partial charge in [-0.15, -0.1) is 0 Å². The molecule has 0 aromatic carbocycles. The lowest BCUT2D eigenvalue weighted by molar-refractivity contribution is -0.0608. The largest absolute Gasteiger partial charge is 0.378 e. The Balaban J connectivity index is 1.90. The van der Waals surface area contributed by atoms with Crippen molar-refractivity contribution in [2.75, 3.05) is 33.5 Å². The van der Waals surface area contributed by atoms with E-state index in [1.54, 1.807) is 12.1 Å². The van der Waals surface area contributed by atoms with Gasteiger partial charge in [0.1, 0.15) is 6.67 Å². The lowest BCUT2D eigenvalue weighted by atomic mass is 10.1. The Morgan fingerprint density at radius 1 is 1.45 bits per heavy atom. The van der Waals surface area contributed by atoms with Crippen LogP contribution in [0, 0.1) is 5.82 Å². The van der Waals surface area contributed by atoms with Gasteiger partial charge in [-0.2, -0.15) is 0 Å². The number of hydrogen-bond donors (Lipinski definition) is 0. The van der Waals surface area contributed by atoms with E-state index in [-0.39, 0.29) is 12.3 Å². The first-order chi connectivity index (χ1) is 10.7. The summed E-state index contributed by atoms with van der Waals surface area (Å²) in [5.74, 6) is -0.418. The molecule has 1 aromatic rings. The Kier molecular flexibility index (Phi) is 4.44. The molecule has 22 heavy (non-hydrogen) atoms. The van der Waals surface area contributed by atoms with Crippen molar-refractivity contribution in [3.8, 4) is 0 Å². The Morgan fingerprint density at radius 3 is 3.09 bits per heavy atom. The van der Waals surface area contributed by atoms with Crippen LogP contribution in [-0.4, -0.2) is 66.3 Å². The van der Waals surface area contributed by atoms with Gasteiger partial charge in [-0.3, -0.25) is 9.88 Å². The summed E-state index contributed by atoms with van der Waals surface area (Å²) in [5.41, 5.74) is 0.932. The van der Waals surface area contributed by atoms with Crippen LogP contribution < -0.4 is 0 Å². The molecule has 2 aliphatic heterocycles. The number of aromatic nitrogens is 1. The van der Waals surface area contributed by atoms with E-state index < -0.39 is 12.5 Å². The second kappa shape index (κ2) is 6.50. The Morgan fingerprint density at radius 2 is 2.32 bits per heavy atom. The molecule has 118 valence electrons. The van der Waals surface area contributed by atoms with Crippen LogP contribution in [0.2, 0.25) is 0 Å². The Bertz CT molecular complexity index is 593. The highest BCUT2D eigenvalue weighted by molar-refractivity contribution is 6.09. The zero-order valence-electron chi connectivity index (χ0n) is 12.3.